The molecule has 3 rings (SSSR count). The van der Waals surface area contributed by atoms with Crippen LogP contribution in [0.15, 0.2) is 72.8 Å². The van der Waals surface area contributed by atoms with E-state index in [-0.39, 0.29) is 24.1 Å². The average Bonchev–Trinajstić information content (AvgIpc) is 2.79. The molecule has 1 atom stereocenters. The number of carbonyl (C=O) groups excluding carboxylic acids is 3. The average molecular weight is 467 g/mol. The first-order valence-corrected chi connectivity index (χ1v) is 10.6. The molecule has 0 fully saturated rings. The molecule has 0 aliphatic rings. The lowest BCUT2D eigenvalue weighted by Gasteiger charge is -2.17. The number of hydrogen-bond donors (Lipinski definition) is 2. The van der Waals surface area contributed by atoms with E-state index in [1.165, 1.54) is 13.0 Å². The molecule has 0 saturated heterocycles. The van der Waals surface area contributed by atoms with E-state index in [9.17, 15) is 14.4 Å². The van der Waals surface area contributed by atoms with E-state index >= 15 is 0 Å². The predicted octanol–water partition coefficient (Wildman–Crippen LogP) is 4.60. The number of nitrogens with one attached hydrogen (secondary N) is 2. The van der Waals surface area contributed by atoms with Gasteiger partial charge in [0.1, 0.15) is 11.5 Å². The van der Waals surface area contributed by atoms with E-state index in [1.807, 2.05) is 6.07 Å². The number of halogens is 1. The van der Waals surface area contributed by atoms with Crippen molar-refractivity contribution in [3.8, 4) is 11.5 Å². The largest absolute Gasteiger partial charge is 0.481 e. The number of rotatable bonds is 8. The Morgan fingerprint density at radius 2 is 1.67 bits per heavy atom. The maximum Gasteiger partial charge on any atom is 0.308 e. The minimum Gasteiger partial charge on any atom is -0.481 e. The molecule has 0 aromatic heterocycles. The number of anilines is 1. The van der Waals surface area contributed by atoms with Gasteiger partial charge in [0.05, 0.1) is 0 Å². The van der Waals surface area contributed by atoms with Crippen LogP contribution in [-0.2, 0) is 16.1 Å². The summed E-state index contributed by atoms with van der Waals surface area (Å²) in [7, 11) is 0. The third-order valence-corrected chi connectivity index (χ3v) is 4.82. The Morgan fingerprint density at radius 1 is 0.939 bits per heavy atom. The summed E-state index contributed by atoms with van der Waals surface area (Å²) in [5.41, 5.74) is 1.62. The van der Waals surface area contributed by atoms with Gasteiger partial charge in [0.2, 0.25) is 0 Å². The summed E-state index contributed by atoms with van der Waals surface area (Å²) in [5, 5.41) is 6.22. The summed E-state index contributed by atoms with van der Waals surface area (Å²) < 4.78 is 10.7. The van der Waals surface area contributed by atoms with Gasteiger partial charge < -0.3 is 20.1 Å². The van der Waals surface area contributed by atoms with Gasteiger partial charge in [0.15, 0.2) is 6.10 Å². The SMILES string of the molecule is CC(=O)Oc1cccc(C(=O)NCc2ccccc2NC(=O)C(C)Oc2ccc(Cl)cc2)c1. The molecule has 3 aromatic carbocycles. The first kappa shape index (κ1) is 23.8. The van der Waals surface area contributed by atoms with Gasteiger partial charge in [-0.25, -0.2) is 0 Å². The van der Waals surface area contributed by atoms with Crippen LogP contribution >= 0.6 is 11.6 Å². The Bertz CT molecular complexity index is 1150. The molecule has 170 valence electrons. The van der Waals surface area contributed by atoms with E-state index in [1.54, 1.807) is 67.6 Å². The number of amides is 2. The Balaban J connectivity index is 1.62. The summed E-state index contributed by atoms with van der Waals surface area (Å²) in [4.78, 5) is 36.3. The second kappa shape index (κ2) is 11.2. The fourth-order valence-electron chi connectivity index (χ4n) is 2.95. The molecule has 0 heterocycles. The standard InChI is InChI=1S/C25H23ClN2O5/c1-16(32-21-12-10-20(26)11-13-21)24(30)28-23-9-4-3-6-19(23)15-27-25(31)18-7-5-8-22(14-18)33-17(2)29/h3-14,16H,15H2,1-2H3,(H,27,31)(H,28,30). The van der Waals surface area contributed by atoms with Crippen LogP contribution in [0.4, 0.5) is 5.69 Å². The van der Waals surface area contributed by atoms with Crippen LogP contribution < -0.4 is 20.1 Å². The molecule has 0 bridgehead atoms. The molecule has 7 nitrogen and oxygen atoms in total. The molecule has 0 aliphatic carbocycles. The summed E-state index contributed by atoms with van der Waals surface area (Å²) in [6.07, 6.45) is -0.752. The van der Waals surface area contributed by atoms with Crippen LogP contribution in [0.3, 0.4) is 0 Å². The van der Waals surface area contributed by atoms with Crippen molar-refractivity contribution in [2.75, 3.05) is 5.32 Å². The van der Waals surface area contributed by atoms with E-state index in [0.29, 0.717) is 27.6 Å². The lowest BCUT2D eigenvalue weighted by molar-refractivity contribution is -0.131. The molecule has 0 spiro atoms. The second-order valence-electron chi connectivity index (χ2n) is 7.16. The molecule has 0 aliphatic heterocycles. The highest BCUT2D eigenvalue weighted by Crippen LogP contribution is 2.19. The first-order valence-electron chi connectivity index (χ1n) is 10.2. The van der Waals surface area contributed by atoms with Crippen molar-refractivity contribution in [1.29, 1.82) is 0 Å². The van der Waals surface area contributed by atoms with Gasteiger partial charge in [-0.05, 0) is 61.0 Å². The number of hydrogen-bond acceptors (Lipinski definition) is 5. The molecule has 0 radical (unpaired) electrons. The van der Waals surface area contributed by atoms with Crippen LogP contribution in [-0.4, -0.2) is 23.9 Å². The van der Waals surface area contributed by atoms with Crippen molar-refractivity contribution in [3.63, 3.8) is 0 Å². The summed E-state index contributed by atoms with van der Waals surface area (Å²) >= 11 is 5.87. The third-order valence-electron chi connectivity index (χ3n) is 4.57. The highest BCUT2D eigenvalue weighted by molar-refractivity contribution is 6.30. The maximum absolute atomic E-state index is 12.6. The third kappa shape index (κ3) is 7.08. The van der Waals surface area contributed by atoms with Crippen molar-refractivity contribution < 1.29 is 23.9 Å². The number of carbonyl (C=O) groups is 3. The van der Waals surface area contributed by atoms with Gasteiger partial charge in [-0.1, -0.05) is 35.9 Å². The molecule has 3 aromatic rings. The minimum absolute atomic E-state index is 0.180. The van der Waals surface area contributed by atoms with Crippen molar-refractivity contribution in [1.82, 2.24) is 5.32 Å². The van der Waals surface area contributed by atoms with Crippen LogP contribution in [0.2, 0.25) is 5.02 Å². The monoisotopic (exact) mass is 466 g/mol. The Hall–Kier alpha value is -3.84. The van der Waals surface area contributed by atoms with Gasteiger partial charge in [0.25, 0.3) is 11.8 Å². The van der Waals surface area contributed by atoms with Gasteiger partial charge in [-0.2, -0.15) is 0 Å². The quantitative estimate of drug-likeness (QED) is 0.374. The highest BCUT2D eigenvalue weighted by Gasteiger charge is 2.17. The molecule has 2 N–H and O–H groups in total. The molecule has 0 saturated carbocycles. The molecule has 1 unspecified atom stereocenters. The van der Waals surface area contributed by atoms with E-state index < -0.39 is 12.1 Å². The summed E-state index contributed by atoms with van der Waals surface area (Å²) in [6, 6.07) is 20.2. The van der Waals surface area contributed by atoms with Crippen LogP contribution in [0.25, 0.3) is 0 Å². The predicted molar refractivity (Wildman–Crippen MR) is 126 cm³/mol. The van der Waals surface area contributed by atoms with Gasteiger partial charge in [-0.3, -0.25) is 14.4 Å². The lowest BCUT2D eigenvalue weighted by atomic mass is 10.1. The van der Waals surface area contributed by atoms with Gasteiger partial charge >= 0.3 is 5.97 Å². The minimum atomic E-state index is -0.752. The highest BCUT2D eigenvalue weighted by atomic mass is 35.5. The van der Waals surface area contributed by atoms with E-state index in [2.05, 4.69) is 10.6 Å². The fourth-order valence-corrected chi connectivity index (χ4v) is 3.07. The first-order chi connectivity index (χ1) is 15.8. The van der Waals surface area contributed by atoms with Crippen molar-refractivity contribution in [2.45, 2.75) is 26.5 Å². The molecule has 8 heteroatoms. The normalized spacial score (nSPS) is 11.2. The number of benzene rings is 3. The second-order valence-corrected chi connectivity index (χ2v) is 7.60. The Morgan fingerprint density at radius 3 is 2.39 bits per heavy atom. The maximum atomic E-state index is 12.6. The van der Waals surface area contributed by atoms with Gasteiger partial charge in [-0.15, -0.1) is 0 Å². The van der Waals surface area contributed by atoms with Crippen LogP contribution in [0.1, 0.15) is 29.8 Å². The van der Waals surface area contributed by atoms with E-state index in [4.69, 9.17) is 21.1 Å². The lowest BCUT2D eigenvalue weighted by Crippen LogP contribution is -2.31. The zero-order chi connectivity index (χ0) is 23.8. The van der Waals surface area contributed by atoms with Crippen molar-refractivity contribution in [2.24, 2.45) is 0 Å². The van der Waals surface area contributed by atoms with Crippen molar-refractivity contribution in [3.05, 3.63) is 88.9 Å². The molecule has 2 amide bonds. The Kier molecular flexibility index (Phi) is 8.05. The zero-order valence-electron chi connectivity index (χ0n) is 18.1. The smallest absolute Gasteiger partial charge is 0.308 e. The number of para-hydroxylation sites is 1. The van der Waals surface area contributed by atoms with Crippen LogP contribution in [0.5, 0.6) is 11.5 Å². The topological polar surface area (TPSA) is 93.7 Å². The van der Waals surface area contributed by atoms with E-state index in [0.717, 1.165) is 0 Å². The Labute approximate surface area is 196 Å². The number of esters is 1. The van der Waals surface area contributed by atoms with Gasteiger partial charge in [0, 0.05) is 29.7 Å². The van der Waals surface area contributed by atoms with Crippen LogP contribution in [0, 0.1) is 0 Å². The summed E-state index contributed by atoms with van der Waals surface area (Å²) in [6.45, 7) is 3.11. The molecular weight excluding hydrogens is 444 g/mol. The van der Waals surface area contributed by atoms with Crippen molar-refractivity contribution >= 4 is 35.1 Å². The zero-order valence-corrected chi connectivity index (χ0v) is 18.9. The fraction of sp³-hybridized carbons (Fsp3) is 0.160. The number of ether oxygens (including phenoxy) is 2. The molecular formula is C25H23ClN2O5. The molecule has 33 heavy (non-hydrogen) atoms. The summed E-state index contributed by atoms with van der Waals surface area (Å²) in [5.74, 6) is -0.329.